The minimum absolute atomic E-state index is 0.0313. The number of sulfone groups is 1. The third-order valence-electron chi connectivity index (χ3n) is 2.23. The van der Waals surface area contributed by atoms with Crippen LogP contribution in [0.1, 0.15) is 12.8 Å². The van der Waals surface area contributed by atoms with Crippen LogP contribution in [-0.4, -0.2) is 36.2 Å². The zero-order chi connectivity index (χ0) is 10.9. The molecule has 7 nitrogen and oxygen atoms in total. The monoisotopic (exact) mass is 232 g/mol. The van der Waals surface area contributed by atoms with Crippen molar-refractivity contribution in [2.45, 2.75) is 18.9 Å². The maximum Gasteiger partial charge on any atom is 0.317 e. The molecule has 0 aromatic carbocycles. The van der Waals surface area contributed by atoms with Gasteiger partial charge in [-0.05, 0) is 12.8 Å². The Hall–Kier alpha value is -1.31. The molecule has 1 atom stereocenters. The van der Waals surface area contributed by atoms with Crippen LogP contribution in [0, 0.1) is 0 Å². The fourth-order valence-electron chi connectivity index (χ4n) is 1.60. The first-order valence-corrected chi connectivity index (χ1v) is 6.43. The Bertz CT molecular complexity index is 441. The molecule has 84 valence electrons. The van der Waals surface area contributed by atoms with Gasteiger partial charge in [-0.3, -0.25) is 0 Å². The molecule has 1 aliphatic rings. The minimum Gasteiger partial charge on any atom is -0.390 e. The van der Waals surface area contributed by atoms with Crippen LogP contribution >= 0.6 is 0 Å². The van der Waals surface area contributed by atoms with Gasteiger partial charge in [0, 0.05) is 6.04 Å². The molecule has 1 fully saturated rings. The predicted octanol–water partition coefficient (Wildman–Crippen LogP) is -0.359. The van der Waals surface area contributed by atoms with Crippen LogP contribution in [0.3, 0.4) is 0 Å². The van der Waals surface area contributed by atoms with Crippen molar-refractivity contribution in [3.63, 3.8) is 0 Å². The molecule has 8 heteroatoms. The van der Waals surface area contributed by atoms with E-state index in [0.717, 1.165) is 6.42 Å². The average Bonchev–Trinajstić information content (AvgIpc) is 2.49. The van der Waals surface area contributed by atoms with Crippen molar-refractivity contribution in [1.29, 1.82) is 0 Å². The van der Waals surface area contributed by atoms with Gasteiger partial charge in [0.05, 0.1) is 11.5 Å². The van der Waals surface area contributed by atoms with Crippen molar-refractivity contribution >= 4 is 21.9 Å². The van der Waals surface area contributed by atoms with Gasteiger partial charge in [-0.1, -0.05) is 10.2 Å². The fraction of sp³-hybridized carbons (Fsp3) is 0.714. The normalized spacial score (nSPS) is 24.9. The molecule has 1 saturated heterocycles. The van der Waals surface area contributed by atoms with E-state index >= 15 is 0 Å². The molecule has 15 heavy (non-hydrogen) atoms. The molecule has 2 heterocycles. The lowest BCUT2D eigenvalue weighted by molar-refractivity contribution is 0.542. The van der Waals surface area contributed by atoms with E-state index in [9.17, 15) is 8.42 Å². The fourth-order valence-corrected chi connectivity index (χ4v) is 3.24. The molecule has 0 spiro atoms. The number of nitrogen functional groups attached to an aromatic ring is 1. The highest BCUT2D eigenvalue weighted by atomic mass is 32.2. The topological polar surface area (TPSA) is 111 Å². The van der Waals surface area contributed by atoms with Crippen LogP contribution < -0.4 is 11.1 Å². The first-order chi connectivity index (χ1) is 7.05. The smallest absolute Gasteiger partial charge is 0.317 e. The number of nitrogens with one attached hydrogen (secondary N) is 1. The molecule has 3 N–H and O–H groups in total. The number of hydrogen-bond acceptors (Lipinski definition) is 7. The highest BCUT2D eigenvalue weighted by Crippen LogP contribution is 2.16. The average molecular weight is 232 g/mol. The van der Waals surface area contributed by atoms with Gasteiger partial charge in [-0.2, -0.15) is 0 Å². The van der Waals surface area contributed by atoms with E-state index in [1.54, 1.807) is 0 Å². The third-order valence-corrected chi connectivity index (χ3v) is 4.05. The number of aromatic nitrogens is 2. The maximum atomic E-state index is 11.3. The number of anilines is 2. The van der Waals surface area contributed by atoms with Crippen LogP contribution in [0.15, 0.2) is 4.42 Å². The lowest BCUT2D eigenvalue weighted by atomic mass is 10.2. The Kier molecular flexibility index (Phi) is 2.51. The van der Waals surface area contributed by atoms with Gasteiger partial charge >= 0.3 is 12.0 Å². The maximum absolute atomic E-state index is 11.3. The van der Waals surface area contributed by atoms with Gasteiger partial charge in [0.2, 0.25) is 0 Å². The van der Waals surface area contributed by atoms with E-state index in [-0.39, 0.29) is 29.6 Å². The zero-order valence-electron chi connectivity index (χ0n) is 8.01. The molecule has 1 unspecified atom stereocenters. The summed E-state index contributed by atoms with van der Waals surface area (Å²) >= 11 is 0. The summed E-state index contributed by atoms with van der Waals surface area (Å²) in [6, 6.07) is -0.0191. The van der Waals surface area contributed by atoms with Crippen LogP contribution in [0.2, 0.25) is 0 Å². The minimum atomic E-state index is -2.93. The molecule has 1 aliphatic heterocycles. The van der Waals surface area contributed by atoms with Crippen molar-refractivity contribution in [2.75, 3.05) is 22.6 Å². The number of hydrogen-bond donors (Lipinski definition) is 2. The summed E-state index contributed by atoms with van der Waals surface area (Å²) in [5.41, 5.74) is 5.24. The summed E-state index contributed by atoms with van der Waals surface area (Å²) in [7, 11) is -2.93. The van der Waals surface area contributed by atoms with E-state index in [2.05, 4.69) is 15.5 Å². The molecule has 0 bridgehead atoms. The van der Waals surface area contributed by atoms with Gasteiger partial charge in [-0.25, -0.2) is 8.42 Å². The molecule has 2 rings (SSSR count). The van der Waals surface area contributed by atoms with Crippen LogP contribution in [0.25, 0.3) is 0 Å². The molecule has 1 aromatic heterocycles. The lowest BCUT2D eigenvalue weighted by Gasteiger charge is -2.21. The second kappa shape index (κ2) is 3.69. The summed E-state index contributed by atoms with van der Waals surface area (Å²) in [5.74, 6) is 0.367. The summed E-state index contributed by atoms with van der Waals surface area (Å²) in [6.07, 6.45) is 1.44. The van der Waals surface area contributed by atoms with E-state index < -0.39 is 9.84 Å². The van der Waals surface area contributed by atoms with Crippen molar-refractivity contribution in [2.24, 2.45) is 0 Å². The summed E-state index contributed by atoms with van der Waals surface area (Å²) in [4.78, 5) is 0. The Labute approximate surface area is 87.0 Å². The molecular weight excluding hydrogens is 220 g/mol. The third kappa shape index (κ3) is 2.58. The quantitative estimate of drug-likeness (QED) is 0.716. The number of rotatable bonds is 2. The van der Waals surface area contributed by atoms with Crippen molar-refractivity contribution in [3.05, 3.63) is 0 Å². The summed E-state index contributed by atoms with van der Waals surface area (Å²) in [5, 5.41) is 9.94. The number of nitrogens with two attached hydrogens (primary N) is 1. The standard InChI is InChI=1S/C7H12N4O3S/c8-6-10-11-7(14-6)9-5-2-1-3-15(12,13)4-5/h5H,1-4H2,(H2,8,10)(H,9,11). The molecular formula is C7H12N4O3S. The Morgan fingerprint density at radius 2 is 2.27 bits per heavy atom. The second-order valence-corrected chi connectivity index (χ2v) is 5.77. The van der Waals surface area contributed by atoms with Crippen LogP contribution in [0.5, 0.6) is 0 Å². The Morgan fingerprint density at radius 1 is 1.47 bits per heavy atom. The highest BCUT2D eigenvalue weighted by Gasteiger charge is 2.25. The van der Waals surface area contributed by atoms with Crippen LogP contribution in [-0.2, 0) is 9.84 Å². The molecule has 0 aliphatic carbocycles. The van der Waals surface area contributed by atoms with Gasteiger partial charge < -0.3 is 15.5 Å². The van der Waals surface area contributed by atoms with E-state index in [1.807, 2.05) is 0 Å². The van der Waals surface area contributed by atoms with E-state index in [1.165, 1.54) is 0 Å². The van der Waals surface area contributed by atoms with Crippen LogP contribution in [0.4, 0.5) is 12.0 Å². The first-order valence-electron chi connectivity index (χ1n) is 4.61. The Balaban J connectivity index is 2.01. The van der Waals surface area contributed by atoms with Crippen molar-refractivity contribution in [3.8, 4) is 0 Å². The largest absolute Gasteiger partial charge is 0.390 e. The van der Waals surface area contributed by atoms with Crippen molar-refractivity contribution < 1.29 is 12.8 Å². The van der Waals surface area contributed by atoms with Crippen molar-refractivity contribution in [1.82, 2.24) is 10.2 Å². The lowest BCUT2D eigenvalue weighted by Crippen LogP contribution is -2.34. The SMILES string of the molecule is Nc1nnc(NC2CCCS(=O)(=O)C2)o1. The van der Waals surface area contributed by atoms with Gasteiger partial charge in [0.25, 0.3) is 0 Å². The molecule has 1 aromatic rings. The Morgan fingerprint density at radius 3 is 2.87 bits per heavy atom. The second-order valence-electron chi connectivity index (χ2n) is 3.54. The zero-order valence-corrected chi connectivity index (χ0v) is 8.83. The summed E-state index contributed by atoms with van der Waals surface area (Å²) < 4.78 is 27.6. The van der Waals surface area contributed by atoms with Gasteiger partial charge in [-0.15, -0.1) is 0 Å². The van der Waals surface area contributed by atoms with Gasteiger partial charge in [0.1, 0.15) is 0 Å². The van der Waals surface area contributed by atoms with E-state index in [4.69, 9.17) is 10.2 Å². The molecule has 0 amide bonds. The summed E-state index contributed by atoms with van der Waals surface area (Å²) in [6.45, 7) is 0. The van der Waals surface area contributed by atoms with Gasteiger partial charge in [0.15, 0.2) is 9.84 Å². The number of nitrogens with zero attached hydrogens (tertiary/aromatic N) is 2. The predicted molar refractivity (Wildman–Crippen MR) is 54.0 cm³/mol. The van der Waals surface area contributed by atoms with E-state index in [0.29, 0.717) is 6.42 Å². The molecule has 0 radical (unpaired) electrons. The molecule has 0 saturated carbocycles. The first kappa shape index (κ1) is 10.2. The highest BCUT2D eigenvalue weighted by molar-refractivity contribution is 7.91.